The largest absolute Gasteiger partial charge is 1.00 e. The first-order chi connectivity index (χ1) is 5.97. The Balaban J connectivity index is -0.000000120. The van der Waals surface area contributed by atoms with Crippen molar-refractivity contribution in [3.63, 3.8) is 0 Å². The molecule has 0 aliphatic rings. The number of nitrogens with zero attached hydrogens (tertiary/aromatic N) is 6. The molecule has 66 valence electrons. The molecule has 0 radical (unpaired) electrons. The fourth-order valence-electron chi connectivity index (χ4n) is 0.265. The maximum absolute atomic E-state index is 8.59. The van der Waals surface area contributed by atoms with Crippen molar-refractivity contribution in [3.05, 3.63) is 0 Å². The van der Waals surface area contributed by atoms with Crippen LogP contribution in [0.1, 0.15) is 0 Å². The van der Waals surface area contributed by atoms with Gasteiger partial charge in [-0.3, -0.25) is 0 Å². The van der Waals surface area contributed by atoms with Crippen LogP contribution in [-0.4, -0.2) is 0 Å². The second-order valence-electron chi connectivity index (χ2n) is 1.80. The molecular weight excluding hydrogens is 349 g/mol. The van der Waals surface area contributed by atoms with E-state index in [4.69, 9.17) is 31.6 Å². The molecule has 0 N–H and O–H groups in total. The first-order valence-electron chi connectivity index (χ1n) is 2.40. The van der Waals surface area contributed by atoms with Crippen LogP contribution >= 0.6 is 0 Å². The van der Waals surface area contributed by atoms with E-state index in [0.29, 0.717) is 0 Å². The summed E-state index contributed by atoms with van der Waals surface area (Å²) in [6, 6.07) is 0. The molecule has 0 atom stereocenters. The van der Waals surface area contributed by atoms with Crippen molar-refractivity contribution in [1.82, 2.24) is 0 Å². The number of rotatable bonds is 0. The maximum Gasteiger partial charge on any atom is 1.00 e. The van der Waals surface area contributed by atoms with Gasteiger partial charge in [-0.1, -0.05) is 0 Å². The van der Waals surface area contributed by atoms with Crippen LogP contribution in [0.5, 0.6) is 0 Å². The van der Waals surface area contributed by atoms with Gasteiger partial charge in [0.1, 0.15) is 0 Å². The van der Waals surface area contributed by atoms with Crippen LogP contribution in [0.3, 0.4) is 0 Å². The van der Waals surface area contributed by atoms with Gasteiger partial charge in [-0.15, -0.1) is 0 Å². The Hall–Kier alpha value is 1.56. The molecule has 0 amide bonds. The second-order valence-corrected chi connectivity index (χ2v) is 10.6. The standard InChI is InChI=1S/6CN.4Na.Ru/c6*1-2;;;;;/q;;;;;;4*+1;-4. The van der Waals surface area contributed by atoms with E-state index < -0.39 is 12.4 Å². The molecule has 17 heavy (non-hydrogen) atoms. The Labute approximate surface area is 186 Å². The van der Waals surface area contributed by atoms with E-state index in [0.717, 1.165) is 28.0 Å². The van der Waals surface area contributed by atoms with E-state index >= 15 is 0 Å². The van der Waals surface area contributed by atoms with E-state index in [2.05, 4.69) is 0 Å². The summed E-state index contributed by atoms with van der Waals surface area (Å²) in [6.45, 7) is 0. The van der Waals surface area contributed by atoms with Gasteiger partial charge >= 0.3 is 190 Å². The summed E-state index contributed by atoms with van der Waals surface area (Å²) in [5.41, 5.74) is 0. The molecule has 0 heterocycles. The Morgan fingerprint density at radius 1 is 0.412 bits per heavy atom. The Bertz CT molecular complexity index is 400. The van der Waals surface area contributed by atoms with E-state index in [1.165, 1.54) is 0 Å². The Morgan fingerprint density at radius 2 is 0.529 bits per heavy atom. The quantitative estimate of drug-likeness (QED) is 0.397. The molecule has 0 saturated carbocycles. The van der Waals surface area contributed by atoms with Crippen LogP contribution in [0.25, 0.3) is 0 Å². The zero-order valence-corrected chi connectivity index (χ0v) is 19.8. The number of hydrogen-bond acceptors (Lipinski definition) is 6. The van der Waals surface area contributed by atoms with Crippen molar-refractivity contribution in [2.45, 2.75) is 0 Å². The van der Waals surface area contributed by atoms with Crippen LogP contribution in [-0.2, 0) is 12.4 Å². The zero-order valence-electron chi connectivity index (χ0n) is 10.0. The van der Waals surface area contributed by atoms with Crippen LogP contribution in [0, 0.1) is 59.6 Å². The van der Waals surface area contributed by atoms with Crippen LogP contribution in [0.4, 0.5) is 0 Å². The van der Waals surface area contributed by atoms with Gasteiger partial charge in [0, 0.05) is 0 Å². The van der Waals surface area contributed by atoms with Gasteiger partial charge in [0.05, 0.1) is 0 Å². The number of nitriles is 6. The Morgan fingerprint density at radius 3 is 0.529 bits per heavy atom. The van der Waals surface area contributed by atoms with Gasteiger partial charge in [-0.05, 0) is 0 Å². The molecule has 0 aromatic heterocycles. The van der Waals surface area contributed by atoms with Gasteiger partial charge in [0.2, 0.25) is 0 Å². The van der Waals surface area contributed by atoms with Crippen LogP contribution in [0.2, 0.25) is 0 Å². The summed E-state index contributed by atoms with van der Waals surface area (Å²) in [5.74, 6) is 0. The minimum Gasteiger partial charge on any atom is 1.00 e. The monoisotopic (exact) mass is 350 g/mol. The first-order valence-corrected chi connectivity index (χ1v) is 7.62. The average molecular weight is 349 g/mol. The maximum atomic E-state index is 8.59. The van der Waals surface area contributed by atoms with E-state index in [1.54, 1.807) is 0 Å². The third-order valence-corrected chi connectivity index (χ3v) is 7.02. The van der Waals surface area contributed by atoms with E-state index in [-0.39, 0.29) is 118 Å². The van der Waals surface area contributed by atoms with Gasteiger partial charge in [-0.2, -0.15) is 0 Å². The smallest absolute Gasteiger partial charge is 1.00 e. The normalized spacial score (nSPS) is 10.2. The number of hydrogen-bond donors (Lipinski definition) is 0. The fraction of sp³-hybridized carbons (Fsp3) is 0. The van der Waals surface area contributed by atoms with Crippen molar-refractivity contribution < 1.29 is 131 Å². The molecule has 0 aromatic rings. The fourth-order valence-corrected chi connectivity index (χ4v) is 1.57. The third-order valence-electron chi connectivity index (χ3n) is 1.19. The first kappa shape index (κ1) is 31.1. The molecule has 0 aliphatic carbocycles. The van der Waals surface area contributed by atoms with E-state index in [9.17, 15) is 0 Å². The minimum absolute atomic E-state index is 0. The summed E-state index contributed by atoms with van der Waals surface area (Å²) in [4.78, 5) is 0. The summed E-state index contributed by atoms with van der Waals surface area (Å²) in [7, 11) is 0. The molecule has 0 saturated heterocycles. The molecule has 0 aromatic carbocycles. The predicted molar refractivity (Wildman–Crippen MR) is 33.7 cm³/mol. The zero-order chi connectivity index (χ0) is 10.7. The van der Waals surface area contributed by atoms with Crippen molar-refractivity contribution >= 4 is 0 Å². The minimum atomic E-state index is -6.55. The Kier molecular flexibility index (Phi) is 17.3. The topological polar surface area (TPSA) is 143 Å². The second kappa shape index (κ2) is 9.46. The average Bonchev–Trinajstić information content (AvgIpc) is 2.26. The molecule has 6 nitrogen and oxygen atoms in total. The third kappa shape index (κ3) is 4.27. The predicted octanol–water partition coefficient (Wildman–Crippen LogP) is -11.9. The SMILES string of the molecule is N#[C][Ru-4]([C]#N)([C]#N)([C]#N)([C]#N)[C]#N.[Na+].[Na+].[Na+].[Na+]. The summed E-state index contributed by atoms with van der Waals surface area (Å²) in [6.07, 6.45) is 0. The van der Waals surface area contributed by atoms with Gasteiger partial charge in [-0.25, -0.2) is 0 Å². The molecule has 0 fully saturated rings. The van der Waals surface area contributed by atoms with Crippen molar-refractivity contribution in [2.75, 3.05) is 0 Å². The van der Waals surface area contributed by atoms with Gasteiger partial charge < -0.3 is 0 Å². The van der Waals surface area contributed by atoms with Crippen LogP contribution in [0.15, 0.2) is 0 Å². The molecule has 0 rings (SSSR count). The summed E-state index contributed by atoms with van der Waals surface area (Å²) in [5, 5.41) is 51.6. The van der Waals surface area contributed by atoms with Crippen molar-refractivity contribution in [2.24, 2.45) is 0 Å². The van der Waals surface area contributed by atoms with Gasteiger partial charge in [0.15, 0.2) is 0 Å². The molecule has 11 heteroatoms. The molecule has 0 spiro atoms. The summed E-state index contributed by atoms with van der Waals surface area (Å²) < 4.78 is 6.37. The van der Waals surface area contributed by atoms with E-state index in [1.807, 2.05) is 0 Å². The van der Waals surface area contributed by atoms with Crippen molar-refractivity contribution in [1.29, 1.82) is 31.6 Å². The summed E-state index contributed by atoms with van der Waals surface area (Å²) >= 11 is -6.55. The van der Waals surface area contributed by atoms with Crippen molar-refractivity contribution in [3.8, 4) is 28.0 Å². The molecular formula is C6N6Na4Ru. The molecule has 0 bridgehead atoms. The van der Waals surface area contributed by atoms with Crippen LogP contribution < -0.4 is 118 Å². The molecule has 0 aliphatic heterocycles. The molecule has 0 unspecified atom stereocenters. The van der Waals surface area contributed by atoms with Gasteiger partial charge in [0.25, 0.3) is 0 Å².